The van der Waals surface area contributed by atoms with E-state index >= 15 is 0 Å². The highest BCUT2D eigenvalue weighted by molar-refractivity contribution is 5.94. The fourth-order valence-electron chi connectivity index (χ4n) is 6.31. The number of phenols is 2. The molecular weight excluding hydrogens is 855 g/mol. The number of benzene rings is 4. The van der Waals surface area contributed by atoms with Crippen molar-refractivity contribution in [3.8, 4) is 11.5 Å². The van der Waals surface area contributed by atoms with Crippen LogP contribution in [0.25, 0.3) is 0 Å². The third kappa shape index (κ3) is 17.4. The van der Waals surface area contributed by atoms with Crippen molar-refractivity contribution in [2.24, 2.45) is 5.73 Å². The Balaban J connectivity index is 1.32. The monoisotopic (exact) mass is 909 g/mol. The number of amides is 7. The second-order valence-electron chi connectivity index (χ2n) is 15.4. The number of aromatic hydroxyl groups is 2. The first kappa shape index (κ1) is 50.8. The summed E-state index contributed by atoms with van der Waals surface area (Å²) in [6.45, 7) is 1.58. The molecule has 0 fully saturated rings. The fraction of sp³-hybridized carbons (Fsp3) is 0.304. The number of nitrogens with two attached hydrogens (primary N) is 1. The summed E-state index contributed by atoms with van der Waals surface area (Å²) in [5, 5.41) is 43.4. The van der Waals surface area contributed by atoms with Gasteiger partial charge in [-0.05, 0) is 73.2 Å². The summed E-state index contributed by atoms with van der Waals surface area (Å²) < 4.78 is 0. The highest BCUT2D eigenvalue weighted by Crippen LogP contribution is 2.13. The van der Waals surface area contributed by atoms with Crippen LogP contribution in [0.3, 0.4) is 0 Å². The lowest BCUT2D eigenvalue weighted by Gasteiger charge is -2.23. The van der Waals surface area contributed by atoms with Crippen molar-refractivity contribution in [2.75, 3.05) is 13.1 Å². The quantitative estimate of drug-likeness (QED) is 0.0376. The van der Waals surface area contributed by atoms with Crippen LogP contribution in [0.4, 0.5) is 0 Å². The molecule has 0 aromatic heterocycles. The largest absolute Gasteiger partial charge is 0.508 e. The van der Waals surface area contributed by atoms with Crippen LogP contribution in [0.1, 0.15) is 36.1 Å². The molecule has 13 N–H and O–H groups in total. The molecular formula is C46H55N9O11. The maximum atomic E-state index is 13.7. The predicted octanol–water partition coefficient (Wildman–Crippen LogP) is -1.02. The molecule has 0 spiro atoms. The Morgan fingerprint density at radius 1 is 0.470 bits per heavy atom. The molecule has 4 aromatic rings. The first-order valence-electron chi connectivity index (χ1n) is 20.9. The summed E-state index contributed by atoms with van der Waals surface area (Å²) in [6.07, 6.45) is 0.0858. The second-order valence-corrected chi connectivity index (χ2v) is 15.4. The average molecular weight is 910 g/mol. The molecule has 0 bridgehead atoms. The van der Waals surface area contributed by atoms with Crippen molar-refractivity contribution in [1.29, 1.82) is 0 Å². The Hall–Kier alpha value is -7.84. The number of hydrazine groups is 1. The van der Waals surface area contributed by atoms with E-state index in [-0.39, 0.29) is 37.2 Å². The molecule has 4 aromatic carbocycles. The van der Waals surface area contributed by atoms with Gasteiger partial charge in [0.05, 0.1) is 19.1 Å². The number of hydrogen-bond donors (Lipinski definition) is 12. The third-order valence-electron chi connectivity index (χ3n) is 9.99. The van der Waals surface area contributed by atoms with E-state index in [0.717, 1.165) is 0 Å². The first-order chi connectivity index (χ1) is 31.5. The van der Waals surface area contributed by atoms with E-state index in [1.165, 1.54) is 50.2 Å². The van der Waals surface area contributed by atoms with E-state index in [4.69, 9.17) is 5.73 Å². The maximum absolute atomic E-state index is 13.7. The minimum Gasteiger partial charge on any atom is -0.508 e. The molecule has 20 heteroatoms. The van der Waals surface area contributed by atoms with Gasteiger partial charge in [-0.1, -0.05) is 84.9 Å². The van der Waals surface area contributed by atoms with Crippen LogP contribution in [0.5, 0.6) is 11.5 Å². The molecule has 0 saturated heterocycles. The average Bonchev–Trinajstić information content (AvgIpc) is 3.30. The van der Waals surface area contributed by atoms with Crippen molar-refractivity contribution in [3.63, 3.8) is 0 Å². The molecule has 0 radical (unpaired) electrons. The molecule has 0 aliphatic rings. The lowest BCUT2D eigenvalue weighted by molar-refractivity contribution is -0.142. The van der Waals surface area contributed by atoms with Crippen LogP contribution in [0.15, 0.2) is 109 Å². The molecule has 20 nitrogen and oxygen atoms in total. The highest BCUT2D eigenvalue weighted by Gasteiger charge is 2.28. The van der Waals surface area contributed by atoms with Gasteiger partial charge < -0.3 is 53.0 Å². The Labute approximate surface area is 380 Å². The van der Waals surface area contributed by atoms with Crippen LogP contribution in [-0.2, 0) is 64.0 Å². The number of carboxylic acids is 1. The predicted molar refractivity (Wildman–Crippen MR) is 240 cm³/mol. The van der Waals surface area contributed by atoms with Crippen LogP contribution in [-0.4, -0.2) is 112 Å². The molecule has 0 unspecified atom stereocenters. The van der Waals surface area contributed by atoms with Gasteiger partial charge in [0.2, 0.25) is 35.4 Å². The number of hydrogen-bond acceptors (Lipinski definition) is 12. The van der Waals surface area contributed by atoms with Crippen LogP contribution < -0.4 is 48.5 Å². The van der Waals surface area contributed by atoms with Gasteiger partial charge in [0.25, 0.3) is 5.91 Å². The van der Waals surface area contributed by atoms with Gasteiger partial charge in [0.15, 0.2) is 0 Å². The lowest BCUT2D eigenvalue weighted by atomic mass is 10.0. The highest BCUT2D eigenvalue weighted by atomic mass is 16.4. The molecule has 4 rings (SSSR count). The standard InChI is InChI=1S/C46H55N9O11/c1-27(51-43(62)35(47)21-31-13-17-33(56)18-14-31)41(60)48-26-40(59)52-36(22-29-9-5-3-6-10-29)45(64)55-54-37(23-30-11-7-4-8-12-30)44(63)49-25-39(58)50-28(2)42(61)53-38(46(65)66)24-32-15-19-34(57)20-16-32/h3-20,27-28,35-38,54,56-57H,21-26,47H2,1-2H3,(H,48,60)(H,49,63)(H,50,58)(H,51,62)(H,52,59)(H,53,61)(H,55,64)(H,65,66)/t27-,28-,35+,36+,37+,38+/m1/s1. The summed E-state index contributed by atoms with van der Waals surface area (Å²) in [7, 11) is 0. The minimum atomic E-state index is -1.34. The van der Waals surface area contributed by atoms with E-state index in [9.17, 15) is 53.7 Å². The number of carbonyl (C=O) groups is 8. The van der Waals surface area contributed by atoms with Crippen LogP contribution in [0, 0.1) is 0 Å². The first-order valence-corrected chi connectivity index (χ1v) is 20.9. The topological polar surface area (TPSA) is 320 Å². The summed E-state index contributed by atoms with van der Waals surface area (Å²) in [4.78, 5) is 103. The Morgan fingerprint density at radius 3 is 1.44 bits per heavy atom. The second kappa shape index (κ2) is 25.5. The summed E-state index contributed by atoms with van der Waals surface area (Å²) in [5.74, 6) is -6.38. The van der Waals surface area contributed by atoms with E-state index in [1.807, 2.05) is 0 Å². The number of aliphatic carboxylic acids is 1. The van der Waals surface area contributed by atoms with E-state index in [0.29, 0.717) is 22.3 Å². The fourth-order valence-corrected chi connectivity index (χ4v) is 6.31. The molecule has 0 heterocycles. The SMILES string of the molecule is C[C@@H](NC(=O)CNC(=O)[C@H](Cc1ccccc1)NNC(=O)[C@H](Cc1ccccc1)NC(=O)CNC(=O)[C@@H](C)NC(=O)[C@@H](N)Cc1ccc(O)cc1)C(=O)N[C@@H](Cc1ccc(O)cc1)C(=O)O. The zero-order chi connectivity index (χ0) is 48.2. The van der Waals surface area contributed by atoms with Crippen LogP contribution in [0.2, 0.25) is 0 Å². The zero-order valence-corrected chi connectivity index (χ0v) is 36.3. The van der Waals surface area contributed by atoms with Gasteiger partial charge in [0.1, 0.15) is 41.7 Å². The number of phenolic OH excluding ortho intramolecular Hbond substituents is 2. The Kier molecular flexibility index (Phi) is 19.6. The van der Waals surface area contributed by atoms with Crippen molar-refractivity contribution in [2.45, 2.75) is 75.8 Å². The van der Waals surface area contributed by atoms with Gasteiger partial charge in [-0.25, -0.2) is 10.2 Å². The smallest absolute Gasteiger partial charge is 0.326 e. The Morgan fingerprint density at radius 2 is 0.909 bits per heavy atom. The zero-order valence-electron chi connectivity index (χ0n) is 36.3. The van der Waals surface area contributed by atoms with Gasteiger partial charge in [-0.15, -0.1) is 0 Å². The van der Waals surface area contributed by atoms with Gasteiger partial charge in [0, 0.05) is 12.8 Å². The van der Waals surface area contributed by atoms with Gasteiger partial charge in [-0.3, -0.25) is 39.0 Å². The molecule has 350 valence electrons. The summed E-state index contributed by atoms with van der Waals surface area (Å²) in [5.41, 5.74) is 13.8. The van der Waals surface area contributed by atoms with Crippen molar-refractivity contribution >= 4 is 47.3 Å². The number of carboxylic acid groups (broad SMARTS) is 1. The molecule has 7 amide bonds. The van der Waals surface area contributed by atoms with E-state index < -0.39 is 96.7 Å². The number of nitrogens with one attached hydrogen (secondary N) is 8. The molecule has 0 saturated carbocycles. The lowest BCUT2D eigenvalue weighted by Crippen LogP contribution is -2.59. The molecule has 6 atom stereocenters. The maximum Gasteiger partial charge on any atom is 0.326 e. The van der Waals surface area contributed by atoms with Crippen LogP contribution >= 0.6 is 0 Å². The Bertz CT molecular complexity index is 2280. The van der Waals surface area contributed by atoms with Gasteiger partial charge >= 0.3 is 5.97 Å². The molecule has 0 aliphatic carbocycles. The van der Waals surface area contributed by atoms with Crippen molar-refractivity contribution < 1.29 is 53.7 Å². The van der Waals surface area contributed by atoms with E-state index in [2.05, 4.69) is 42.8 Å². The van der Waals surface area contributed by atoms with Crippen molar-refractivity contribution in [3.05, 3.63) is 131 Å². The minimum absolute atomic E-state index is 0.00488. The normalized spacial score (nSPS) is 13.5. The van der Waals surface area contributed by atoms with Crippen molar-refractivity contribution in [1.82, 2.24) is 42.8 Å². The molecule has 66 heavy (non-hydrogen) atoms. The van der Waals surface area contributed by atoms with Gasteiger partial charge in [-0.2, -0.15) is 0 Å². The third-order valence-corrected chi connectivity index (χ3v) is 9.99. The number of rotatable bonds is 24. The summed E-state index contributed by atoms with van der Waals surface area (Å²) >= 11 is 0. The van der Waals surface area contributed by atoms with E-state index in [1.54, 1.807) is 72.8 Å². The number of carbonyl (C=O) groups excluding carboxylic acids is 7. The molecule has 0 aliphatic heterocycles. The summed E-state index contributed by atoms with van der Waals surface area (Å²) in [6, 6.07) is 22.4.